The molecule has 0 radical (unpaired) electrons. The second-order valence-electron chi connectivity index (χ2n) is 4.37. The van der Waals surface area contributed by atoms with Crippen molar-refractivity contribution in [2.45, 2.75) is 27.3 Å². The monoisotopic (exact) mass is 244 g/mol. The summed E-state index contributed by atoms with van der Waals surface area (Å²) in [6.07, 6.45) is 3.70. The molecule has 18 heavy (non-hydrogen) atoms. The number of carboxylic acid groups (broad SMARTS) is 1. The van der Waals surface area contributed by atoms with Gasteiger partial charge in [0.25, 0.3) is 0 Å². The third-order valence-electron chi connectivity index (χ3n) is 3.07. The van der Waals surface area contributed by atoms with Crippen molar-refractivity contribution in [2.75, 3.05) is 0 Å². The van der Waals surface area contributed by atoms with Crippen molar-refractivity contribution in [3.05, 3.63) is 41.2 Å². The molecular weight excluding hydrogens is 228 g/mol. The van der Waals surface area contributed by atoms with Crippen LogP contribution < -0.4 is 0 Å². The number of aryl methyl sites for hydroxylation is 3. The van der Waals surface area contributed by atoms with E-state index < -0.39 is 5.97 Å². The Morgan fingerprint density at radius 3 is 2.61 bits per heavy atom. The van der Waals surface area contributed by atoms with E-state index in [-0.39, 0.29) is 0 Å². The van der Waals surface area contributed by atoms with Crippen LogP contribution in [-0.4, -0.2) is 20.9 Å². The molecule has 0 aliphatic heterocycles. The number of aromatic carboxylic acids is 1. The fourth-order valence-corrected chi connectivity index (χ4v) is 2.07. The number of hydrogen-bond donors (Lipinski definition) is 1. The fourth-order valence-electron chi connectivity index (χ4n) is 2.07. The summed E-state index contributed by atoms with van der Waals surface area (Å²) in [6.45, 7) is 6.62. The lowest BCUT2D eigenvalue weighted by molar-refractivity contribution is 0.0696. The average molecular weight is 244 g/mol. The molecule has 0 amide bonds. The van der Waals surface area contributed by atoms with Gasteiger partial charge in [0.15, 0.2) is 0 Å². The molecule has 0 atom stereocenters. The molecular formula is C14H16N2O2. The van der Waals surface area contributed by atoms with Crippen LogP contribution in [0.25, 0.3) is 11.1 Å². The first-order valence-corrected chi connectivity index (χ1v) is 5.90. The minimum atomic E-state index is -0.892. The van der Waals surface area contributed by atoms with Crippen molar-refractivity contribution in [3.63, 3.8) is 0 Å². The van der Waals surface area contributed by atoms with Crippen LogP contribution in [-0.2, 0) is 6.54 Å². The van der Waals surface area contributed by atoms with Gasteiger partial charge in [0, 0.05) is 18.3 Å². The summed E-state index contributed by atoms with van der Waals surface area (Å²) in [7, 11) is 0. The predicted molar refractivity (Wildman–Crippen MR) is 69.8 cm³/mol. The Balaban J connectivity index is 2.56. The van der Waals surface area contributed by atoms with E-state index in [4.69, 9.17) is 5.11 Å². The number of aromatic nitrogens is 2. The first kappa shape index (κ1) is 12.4. The first-order valence-electron chi connectivity index (χ1n) is 5.90. The van der Waals surface area contributed by atoms with Crippen molar-refractivity contribution in [3.8, 4) is 11.1 Å². The second-order valence-corrected chi connectivity index (χ2v) is 4.37. The average Bonchev–Trinajstić information content (AvgIpc) is 2.77. The van der Waals surface area contributed by atoms with Crippen LogP contribution in [0, 0.1) is 13.8 Å². The van der Waals surface area contributed by atoms with E-state index in [1.807, 2.05) is 37.7 Å². The van der Waals surface area contributed by atoms with Gasteiger partial charge in [-0.25, -0.2) is 4.79 Å². The van der Waals surface area contributed by atoms with E-state index in [0.29, 0.717) is 5.56 Å². The highest BCUT2D eigenvalue weighted by atomic mass is 16.4. The Kier molecular flexibility index (Phi) is 3.19. The highest BCUT2D eigenvalue weighted by molar-refractivity contribution is 5.91. The summed E-state index contributed by atoms with van der Waals surface area (Å²) >= 11 is 0. The van der Waals surface area contributed by atoms with Gasteiger partial charge in [-0.2, -0.15) is 5.10 Å². The Morgan fingerprint density at radius 2 is 2.06 bits per heavy atom. The Morgan fingerprint density at radius 1 is 1.33 bits per heavy atom. The quantitative estimate of drug-likeness (QED) is 0.903. The minimum absolute atomic E-state index is 0.347. The summed E-state index contributed by atoms with van der Waals surface area (Å²) in [5, 5.41) is 13.4. The molecule has 2 aromatic rings. The SMILES string of the molecule is CCn1cc(-c2cc(C(=O)O)c(C)cc2C)cn1. The number of benzene rings is 1. The Bertz CT molecular complexity index is 600. The van der Waals surface area contributed by atoms with Crippen LogP contribution in [0.2, 0.25) is 0 Å². The molecule has 94 valence electrons. The third kappa shape index (κ3) is 2.14. The van der Waals surface area contributed by atoms with E-state index in [2.05, 4.69) is 5.10 Å². The maximum atomic E-state index is 11.2. The summed E-state index contributed by atoms with van der Waals surface area (Å²) in [5.74, 6) is -0.892. The molecule has 0 bridgehead atoms. The van der Waals surface area contributed by atoms with Gasteiger partial charge in [0.05, 0.1) is 11.8 Å². The zero-order valence-corrected chi connectivity index (χ0v) is 10.8. The molecule has 0 saturated heterocycles. The smallest absolute Gasteiger partial charge is 0.335 e. The largest absolute Gasteiger partial charge is 0.478 e. The molecule has 0 aliphatic rings. The van der Waals surface area contributed by atoms with Crippen LogP contribution in [0.4, 0.5) is 0 Å². The van der Waals surface area contributed by atoms with Gasteiger partial charge >= 0.3 is 5.97 Å². The number of carboxylic acids is 1. The molecule has 1 N–H and O–H groups in total. The van der Waals surface area contributed by atoms with Gasteiger partial charge in [-0.05, 0) is 43.5 Å². The zero-order chi connectivity index (χ0) is 13.3. The highest BCUT2D eigenvalue weighted by Gasteiger charge is 2.12. The van der Waals surface area contributed by atoms with Crippen molar-refractivity contribution < 1.29 is 9.90 Å². The fraction of sp³-hybridized carbons (Fsp3) is 0.286. The lowest BCUT2D eigenvalue weighted by Gasteiger charge is -2.08. The lowest BCUT2D eigenvalue weighted by Crippen LogP contribution is -2.01. The molecule has 4 heteroatoms. The normalized spacial score (nSPS) is 10.6. The zero-order valence-electron chi connectivity index (χ0n) is 10.8. The molecule has 0 saturated carbocycles. The van der Waals surface area contributed by atoms with E-state index in [1.54, 1.807) is 12.3 Å². The second kappa shape index (κ2) is 4.64. The van der Waals surface area contributed by atoms with Crippen LogP contribution in [0.5, 0.6) is 0 Å². The van der Waals surface area contributed by atoms with Gasteiger partial charge in [-0.3, -0.25) is 4.68 Å². The van der Waals surface area contributed by atoms with E-state index in [1.165, 1.54) is 0 Å². The maximum Gasteiger partial charge on any atom is 0.335 e. The number of nitrogens with zero attached hydrogens (tertiary/aromatic N) is 2. The van der Waals surface area contributed by atoms with Gasteiger partial charge in [-0.1, -0.05) is 6.07 Å². The molecule has 4 nitrogen and oxygen atoms in total. The minimum Gasteiger partial charge on any atom is -0.478 e. The van der Waals surface area contributed by atoms with Crippen LogP contribution in [0.15, 0.2) is 24.5 Å². The van der Waals surface area contributed by atoms with Crippen molar-refractivity contribution in [1.82, 2.24) is 9.78 Å². The standard InChI is InChI=1S/C14H16N2O2/c1-4-16-8-11(7-15-16)12-6-13(14(17)18)10(3)5-9(12)2/h5-8H,4H2,1-3H3,(H,17,18). The molecule has 0 aliphatic carbocycles. The maximum absolute atomic E-state index is 11.2. The van der Waals surface area contributed by atoms with Crippen molar-refractivity contribution in [2.24, 2.45) is 0 Å². The molecule has 1 heterocycles. The van der Waals surface area contributed by atoms with Crippen LogP contribution in [0.1, 0.15) is 28.4 Å². The molecule has 1 aromatic heterocycles. The van der Waals surface area contributed by atoms with Gasteiger partial charge in [0.2, 0.25) is 0 Å². The predicted octanol–water partition coefficient (Wildman–Crippen LogP) is 2.89. The van der Waals surface area contributed by atoms with Gasteiger partial charge < -0.3 is 5.11 Å². The molecule has 0 spiro atoms. The first-order chi connectivity index (χ1) is 8.52. The van der Waals surface area contributed by atoms with Gasteiger partial charge in [-0.15, -0.1) is 0 Å². The van der Waals surface area contributed by atoms with E-state index in [0.717, 1.165) is 28.8 Å². The molecule has 2 rings (SSSR count). The summed E-state index contributed by atoms with van der Waals surface area (Å²) in [4.78, 5) is 11.2. The Labute approximate surface area is 106 Å². The number of rotatable bonds is 3. The van der Waals surface area contributed by atoms with Crippen LogP contribution in [0.3, 0.4) is 0 Å². The van der Waals surface area contributed by atoms with Gasteiger partial charge in [0.1, 0.15) is 0 Å². The van der Waals surface area contributed by atoms with Crippen LogP contribution >= 0.6 is 0 Å². The topological polar surface area (TPSA) is 55.1 Å². The van der Waals surface area contributed by atoms with Crippen molar-refractivity contribution in [1.29, 1.82) is 0 Å². The molecule has 0 unspecified atom stereocenters. The molecule has 0 fully saturated rings. The van der Waals surface area contributed by atoms with E-state index in [9.17, 15) is 4.79 Å². The van der Waals surface area contributed by atoms with Crippen molar-refractivity contribution >= 4 is 5.97 Å². The summed E-state index contributed by atoms with van der Waals surface area (Å²) in [6, 6.07) is 3.63. The third-order valence-corrected chi connectivity index (χ3v) is 3.07. The number of hydrogen-bond acceptors (Lipinski definition) is 2. The van der Waals surface area contributed by atoms with E-state index >= 15 is 0 Å². The summed E-state index contributed by atoms with van der Waals surface area (Å²) in [5.41, 5.74) is 4.08. The lowest BCUT2D eigenvalue weighted by atomic mass is 9.97. The summed E-state index contributed by atoms with van der Waals surface area (Å²) < 4.78 is 1.83. The number of carbonyl (C=O) groups is 1. The molecule has 1 aromatic carbocycles. The Hall–Kier alpha value is -2.10. The highest BCUT2D eigenvalue weighted by Crippen LogP contribution is 2.26.